The van der Waals surface area contributed by atoms with E-state index in [4.69, 9.17) is 4.98 Å². The predicted octanol–water partition coefficient (Wildman–Crippen LogP) is 4.20. The summed E-state index contributed by atoms with van der Waals surface area (Å²) in [7, 11) is 2.15. The summed E-state index contributed by atoms with van der Waals surface area (Å²) in [6.07, 6.45) is 7.38. The second-order valence-corrected chi connectivity index (χ2v) is 10.1. The van der Waals surface area contributed by atoms with Gasteiger partial charge in [-0.2, -0.15) is 10.2 Å². The van der Waals surface area contributed by atoms with E-state index in [9.17, 15) is 5.11 Å². The fourth-order valence-corrected chi connectivity index (χ4v) is 4.88. The van der Waals surface area contributed by atoms with Gasteiger partial charge in [0.25, 0.3) is 0 Å². The Hall–Kier alpha value is -4.35. The fraction of sp³-hybridized carbons (Fsp3) is 0.310. The lowest BCUT2D eigenvalue weighted by Crippen LogP contribution is -2.45. The van der Waals surface area contributed by atoms with Crippen molar-refractivity contribution in [3.63, 3.8) is 0 Å². The van der Waals surface area contributed by atoms with E-state index < -0.39 is 5.82 Å². The molecule has 208 valence electrons. The number of piperidine rings is 1. The van der Waals surface area contributed by atoms with E-state index >= 15 is 4.39 Å². The Balaban J connectivity index is 1.40. The summed E-state index contributed by atoms with van der Waals surface area (Å²) in [5, 5.41) is 21.2. The third kappa shape index (κ3) is 6.27. The molecule has 0 bridgehead atoms. The number of likely N-dealkylation sites (tertiary alicyclic amines) is 1. The molecular formula is C29H34FN9O. The minimum Gasteiger partial charge on any atom is -0.390 e. The predicted molar refractivity (Wildman–Crippen MR) is 157 cm³/mol. The highest BCUT2D eigenvalue weighted by Crippen LogP contribution is 2.27. The molecule has 0 unspecified atom stereocenters. The lowest BCUT2D eigenvalue weighted by Gasteiger charge is -2.38. The molecule has 4 heterocycles. The van der Waals surface area contributed by atoms with E-state index in [2.05, 4.69) is 56.4 Å². The van der Waals surface area contributed by atoms with Crippen LogP contribution in [0.25, 0.3) is 16.6 Å². The van der Waals surface area contributed by atoms with E-state index in [1.54, 1.807) is 30.6 Å². The Labute approximate surface area is 232 Å². The maximum absolute atomic E-state index is 15.0. The van der Waals surface area contributed by atoms with Gasteiger partial charge in [0.15, 0.2) is 0 Å². The van der Waals surface area contributed by atoms with Crippen LogP contribution >= 0.6 is 0 Å². The van der Waals surface area contributed by atoms with Gasteiger partial charge in [0.2, 0.25) is 0 Å². The van der Waals surface area contributed by atoms with Gasteiger partial charge < -0.3 is 20.2 Å². The fourth-order valence-electron chi connectivity index (χ4n) is 4.88. The van der Waals surface area contributed by atoms with E-state index in [0.717, 1.165) is 48.2 Å². The van der Waals surface area contributed by atoms with Gasteiger partial charge in [-0.05, 0) is 75.8 Å². The van der Waals surface area contributed by atoms with Crippen LogP contribution in [0.1, 0.15) is 25.5 Å². The van der Waals surface area contributed by atoms with Crippen LogP contribution in [0.2, 0.25) is 0 Å². The highest BCUT2D eigenvalue weighted by molar-refractivity contribution is 5.82. The number of rotatable bonds is 10. The number of aliphatic hydroxyl groups excluding tert-OH is 1. The van der Waals surface area contributed by atoms with Crippen LogP contribution in [-0.2, 0) is 6.61 Å². The lowest BCUT2D eigenvalue weighted by molar-refractivity contribution is 0.250. The maximum Gasteiger partial charge on any atom is 0.148 e. The van der Waals surface area contributed by atoms with Crippen LogP contribution in [-0.4, -0.2) is 69.2 Å². The van der Waals surface area contributed by atoms with Gasteiger partial charge in [0.05, 0.1) is 29.2 Å². The van der Waals surface area contributed by atoms with Crippen molar-refractivity contribution in [2.24, 2.45) is 5.10 Å². The molecular weight excluding hydrogens is 509 g/mol. The van der Waals surface area contributed by atoms with Crippen LogP contribution in [0.15, 0.2) is 71.7 Å². The first-order valence-electron chi connectivity index (χ1n) is 13.2. The molecule has 3 N–H and O–H groups in total. The summed E-state index contributed by atoms with van der Waals surface area (Å²) >= 11 is 0. The van der Waals surface area contributed by atoms with E-state index in [1.807, 2.05) is 24.4 Å². The van der Waals surface area contributed by atoms with Gasteiger partial charge in [0.1, 0.15) is 17.5 Å². The van der Waals surface area contributed by atoms with Gasteiger partial charge in [-0.15, -0.1) is 0 Å². The van der Waals surface area contributed by atoms with Crippen molar-refractivity contribution in [1.29, 1.82) is 0 Å². The number of fused-ring (bicyclic) bond motifs is 1. The molecule has 0 spiro atoms. The summed E-state index contributed by atoms with van der Waals surface area (Å²) in [5.41, 5.74) is 6.08. The molecule has 3 aromatic heterocycles. The minimum absolute atomic E-state index is 0.172. The van der Waals surface area contributed by atoms with Gasteiger partial charge in [0, 0.05) is 55.4 Å². The lowest BCUT2D eigenvalue weighted by atomic mass is 10.0. The highest BCUT2D eigenvalue weighted by atomic mass is 19.1. The van der Waals surface area contributed by atoms with Crippen LogP contribution in [0.4, 0.5) is 21.7 Å². The molecule has 1 aliphatic heterocycles. The quantitative estimate of drug-likeness (QED) is 0.202. The number of nitrogens with zero attached hydrogens (tertiary/aromatic N) is 7. The molecule has 40 heavy (non-hydrogen) atoms. The molecule has 1 fully saturated rings. The first-order chi connectivity index (χ1) is 19.4. The third-order valence-electron chi connectivity index (χ3n) is 7.09. The van der Waals surface area contributed by atoms with Gasteiger partial charge >= 0.3 is 0 Å². The Morgan fingerprint density at radius 3 is 2.77 bits per heavy atom. The number of hydrazone groups is 1. The van der Waals surface area contributed by atoms with Crippen molar-refractivity contribution in [3.05, 3.63) is 78.1 Å². The van der Waals surface area contributed by atoms with E-state index in [-0.39, 0.29) is 6.61 Å². The summed E-state index contributed by atoms with van der Waals surface area (Å²) in [6.45, 7) is 8.15. The van der Waals surface area contributed by atoms with Crippen LogP contribution in [0.3, 0.4) is 0 Å². The Morgan fingerprint density at radius 2 is 2.05 bits per heavy atom. The highest BCUT2D eigenvalue weighted by Gasteiger charge is 2.25. The second kappa shape index (κ2) is 12.2. The number of aromatic nitrogens is 4. The molecule has 1 aliphatic rings. The zero-order valence-corrected chi connectivity index (χ0v) is 22.8. The molecule has 0 amide bonds. The van der Waals surface area contributed by atoms with Crippen molar-refractivity contribution < 1.29 is 9.50 Å². The Bertz CT molecular complexity index is 1510. The largest absolute Gasteiger partial charge is 0.390 e. The number of hydrogen-bond donors (Lipinski definition) is 3. The Kier molecular flexibility index (Phi) is 8.32. The number of anilines is 3. The molecule has 0 atom stereocenters. The molecule has 0 saturated carbocycles. The summed E-state index contributed by atoms with van der Waals surface area (Å²) < 4.78 is 16.5. The van der Waals surface area contributed by atoms with Gasteiger partial charge in [-0.25, -0.2) is 19.0 Å². The molecule has 0 radical (unpaired) electrons. The molecule has 10 nitrogen and oxygen atoms in total. The Morgan fingerprint density at radius 1 is 1.23 bits per heavy atom. The first-order valence-corrected chi connectivity index (χ1v) is 13.2. The summed E-state index contributed by atoms with van der Waals surface area (Å²) in [6, 6.07) is 12.7. The van der Waals surface area contributed by atoms with Crippen molar-refractivity contribution in [2.75, 3.05) is 36.9 Å². The monoisotopic (exact) mass is 543 g/mol. The molecule has 5 rings (SSSR count). The summed E-state index contributed by atoms with van der Waals surface area (Å²) in [4.78, 5) is 14.2. The van der Waals surface area contributed by atoms with Crippen LogP contribution in [0, 0.1) is 5.82 Å². The van der Waals surface area contributed by atoms with Crippen molar-refractivity contribution in [1.82, 2.24) is 30.1 Å². The number of nitrogens with one attached hydrogen (secondary N) is 2. The SMILES string of the molecule is C=NN/C=C(\C)CN(c1ccc2cnc(Nc3ccc(-n4ccc(CO)n4)cc3F)cc2n1)C1CCN(C)CC1. The van der Waals surface area contributed by atoms with Crippen molar-refractivity contribution >= 4 is 34.9 Å². The first kappa shape index (κ1) is 27.2. The average Bonchev–Trinajstić information content (AvgIpc) is 3.46. The number of halogens is 1. The zero-order valence-electron chi connectivity index (χ0n) is 22.8. The number of pyridine rings is 2. The smallest absolute Gasteiger partial charge is 0.148 e. The molecule has 4 aromatic rings. The molecule has 1 aromatic carbocycles. The van der Waals surface area contributed by atoms with E-state index in [0.29, 0.717) is 35.5 Å². The topological polar surface area (TPSA) is 107 Å². The minimum atomic E-state index is -0.444. The number of aliphatic hydroxyl groups is 1. The zero-order chi connectivity index (χ0) is 28.1. The van der Waals surface area contributed by atoms with Crippen LogP contribution in [0.5, 0.6) is 0 Å². The summed E-state index contributed by atoms with van der Waals surface area (Å²) in [5.74, 6) is 0.935. The van der Waals surface area contributed by atoms with Gasteiger partial charge in [-0.1, -0.05) is 0 Å². The number of hydrogen-bond acceptors (Lipinski definition) is 9. The number of benzene rings is 1. The molecule has 11 heteroatoms. The van der Waals surface area contributed by atoms with Gasteiger partial charge in [-0.3, -0.25) is 5.43 Å². The average molecular weight is 544 g/mol. The molecule has 0 aliphatic carbocycles. The normalized spacial score (nSPS) is 14.8. The standard InChI is InChI=1S/C29H34FN9O/c1-20(16-33-31-2)18-38(23-9-11-37(3)12-10-23)29-7-4-21-17-32-28(15-27(21)35-29)34-26-6-5-24(14-25(26)30)39-13-8-22(19-40)36-39/h4-8,13-17,23,33,40H,2,9-12,18-19H2,1,3H3,(H,32,34)/b20-16+. The van der Waals surface area contributed by atoms with E-state index in [1.165, 1.54) is 10.7 Å². The maximum atomic E-state index is 15.0. The molecule has 1 saturated heterocycles. The van der Waals surface area contributed by atoms with Crippen molar-refractivity contribution in [2.45, 2.75) is 32.4 Å². The second-order valence-electron chi connectivity index (χ2n) is 10.1. The van der Waals surface area contributed by atoms with Crippen LogP contribution < -0.4 is 15.6 Å². The van der Waals surface area contributed by atoms with Crippen molar-refractivity contribution in [3.8, 4) is 5.69 Å². The third-order valence-corrected chi connectivity index (χ3v) is 7.09.